The van der Waals surface area contributed by atoms with Gasteiger partial charge in [0.2, 0.25) is 47.9 Å². The molecule has 0 aromatic heterocycles. The fourth-order valence-corrected chi connectivity index (χ4v) is 14.7. The maximum atomic E-state index is 12.5. The van der Waals surface area contributed by atoms with Gasteiger partial charge in [-0.15, -0.1) is 0 Å². The number of esters is 10. The van der Waals surface area contributed by atoms with Crippen LogP contribution in [-0.2, 0) is 156 Å². The molecular weight excluding hydrogens is 2070 g/mol. The zero-order chi connectivity index (χ0) is 110. The summed E-state index contributed by atoms with van der Waals surface area (Å²) < 4.78 is 73.4. The van der Waals surface area contributed by atoms with Crippen molar-refractivity contribution in [3.05, 3.63) is 161 Å². The second-order valence-corrected chi connectivity index (χ2v) is 34.5. The molecule has 3 N–H and O–H groups in total. The Morgan fingerprint density at radius 2 is 0.635 bits per heavy atom. The number of ether oxygens (including phenoxy) is 15. The number of methoxy groups -OCH3 is 5. The first-order valence-corrected chi connectivity index (χ1v) is 50.2. The van der Waals surface area contributed by atoms with E-state index in [1.807, 2.05) is 127 Å². The number of nitriles is 1. The smallest absolute Gasteiger partial charge is 0.870 e. The summed E-state index contributed by atoms with van der Waals surface area (Å²) in [5, 5.41) is 14.1. The summed E-state index contributed by atoms with van der Waals surface area (Å²) in [4.78, 5) is 196. The van der Waals surface area contributed by atoms with Crippen LogP contribution in [0.5, 0.6) is 28.7 Å². The number of benzene rings is 5. The molecule has 0 bridgehead atoms. The van der Waals surface area contributed by atoms with Gasteiger partial charge in [0.1, 0.15) is 68.2 Å². The Morgan fingerprint density at radius 3 is 0.838 bits per heavy atom. The van der Waals surface area contributed by atoms with E-state index in [1.165, 1.54) is 5.56 Å². The van der Waals surface area contributed by atoms with Gasteiger partial charge in [0.05, 0.1) is 113 Å². The van der Waals surface area contributed by atoms with E-state index in [1.54, 1.807) is 159 Å². The van der Waals surface area contributed by atoms with E-state index in [4.69, 9.17) is 63.9 Å². The summed E-state index contributed by atoms with van der Waals surface area (Å²) in [5.41, 5.74) is 0.205. The van der Waals surface area contributed by atoms with Crippen molar-refractivity contribution in [3.63, 3.8) is 0 Å². The monoisotopic (exact) mass is 2210 g/mol. The van der Waals surface area contributed by atoms with Gasteiger partial charge >= 0.3 is 89.3 Å². The predicted molar refractivity (Wildman–Crippen MR) is 544 cm³/mol. The summed E-state index contributed by atoms with van der Waals surface area (Å²) >= 11 is 6.25. The van der Waals surface area contributed by atoms with Gasteiger partial charge in [0.15, 0.2) is 0 Å². The maximum absolute atomic E-state index is 12.5. The number of rotatable bonds is 35. The van der Waals surface area contributed by atoms with Gasteiger partial charge in [-0.3, -0.25) is 76.7 Å². The topological polar surface area (TPSA) is 507 Å². The van der Waals surface area contributed by atoms with Gasteiger partial charge in [-0.05, 0) is 231 Å². The van der Waals surface area contributed by atoms with Gasteiger partial charge in [-0.25, -0.2) is 6.57 Å². The first-order valence-electron chi connectivity index (χ1n) is 47.9. The van der Waals surface area contributed by atoms with Gasteiger partial charge in [-0.2, -0.15) is 5.26 Å². The minimum absolute atomic E-state index is 0. The quantitative estimate of drug-likeness (QED) is 0.00952. The summed E-state index contributed by atoms with van der Waals surface area (Å²) in [6.45, 7) is 39.9. The summed E-state index contributed by atoms with van der Waals surface area (Å²) in [6, 6.07) is 40.1. The molecule has 6 saturated heterocycles. The number of carbonyl (C=O) groups excluding carboxylic acids is 16. The third kappa shape index (κ3) is 43.4. The number of hydrogen-bond donors (Lipinski definition) is 2. The third-order valence-electron chi connectivity index (χ3n) is 23.0. The minimum atomic E-state index is -1.10. The molecule has 6 aliphatic heterocycles. The number of carbonyl (C=O) groups is 16. The van der Waals surface area contributed by atoms with Crippen LogP contribution in [0.4, 0.5) is 0 Å². The SMILES string of the molecule is CCOC(=O)C1(C)CCN(Cc2ccc(OC)cc2)C1=O.CCOC(=O)C1(C)CCNC1=O.CCOC(=O)C1CCNC1=O.CCOC(=O)CC(=O)OCC.CCOC(=O)[C@@]1(C)CCN(Cc2ccc(OC)cc2)C1=O.CCOC(=O)[C@]1(C)CCN(Cc2ccc(OC)cc2)C1=O.CCOC(=O)[C@]1(C)CCN(Cc2ccc(OC)cc2)C1=O.COc1ccc(CBr)cc1.N#CCBr.[C-]#[N+]CC(C(=O)OCC)C(=O)OCC.[Na+].[OH-]. The zero-order valence-corrected chi connectivity index (χ0v) is 94.1. The fraction of sp³-hybridized carbons (Fsp3) is 0.543. The van der Waals surface area contributed by atoms with Crippen molar-refractivity contribution in [2.75, 3.05) is 153 Å². The Morgan fingerprint density at radius 1 is 0.385 bits per heavy atom. The fourth-order valence-electron chi connectivity index (χ4n) is 14.4. The van der Waals surface area contributed by atoms with E-state index in [0.717, 1.165) is 56.3 Å². The molecule has 148 heavy (non-hydrogen) atoms. The molecule has 5 aromatic rings. The average molecular weight is 2210 g/mol. The molecular formula is C105H145Br2N8NaO32. The standard InChI is InChI=1S/4C16H21NO4.C9H13NO4.C8H9BrO.C8H13NO3.C7H11NO3.C7H12O4.C2H2BrN.Na.H2O/c4*1-4-21-15(19)16(2)9-10-17(14(16)18)11-12-5-7-13(20-3)8-6-12;1-4-13-8(11)7(6-10-3)9(12)14-5-2;1-10-8-4-2-7(6-9)3-5-8;1-3-12-7(11)8(2)4-5-9-6(8)10;1-2-11-7(10)5-3-4-8-6(5)9;1-3-10-6(8)5-7(9)11-4-2;3-1-2-4;;/h4*5-8H,4,9-11H2,1-3H3;7H,4-6H2,1-2H3;2-5H,6H2,1H3;3-5H2,1-2H3,(H,9,10);5H,2-4H2,1H3,(H,8,9);3-5H2,1-2H3;1H2;;1H2/q;;;;;;;;;;+1;/p-1/t3*16-;;;;;;;;;/m110........./s1. The first kappa shape index (κ1) is 136. The molecule has 5 aromatic carbocycles. The number of nitrogens with zero attached hydrogens (tertiary/aromatic N) is 6. The van der Waals surface area contributed by atoms with Crippen LogP contribution < -0.4 is 63.9 Å². The van der Waals surface area contributed by atoms with Gasteiger partial charge < -0.3 is 112 Å². The number of halogens is 2. The normalized spacial score (nSPS) is 18.5. The van der Waals surface area contributed by atoms with Crippen molar-refractivity contribution in [2.45, 2.75) is 180 Å². The van der Waals surface area contributed by atoms with Crippen LogP contribution in [-0.4, -0.2) is 273 Å². The number of nitrogens with one attached hydrogen (secondary N) is 2. The van der Waals surface area contributed by atoms with Crippen molar-refractivity contribution in [1.29, 1.82) is 5.26 Å². The number of likely N-dealkylation sites (tertiary alicyclic amines) is 4. The van der Waals surface area contributed by atoms with Crippen molar-refractivity contribution in [1.82, 2.24) is 30.2 Å². The second kappa shape index (κ2) is 72.0. The van der Waals surface area contributed by atoms with Gasteiger partial charge in [-0.1, -0.05) is 92.5 Å². The Kier molecular flexibility index (Phi) is 65.9. The van der Waals surface area contributed by atoms with Crippen LogP contribution in [0.1, 0.15) is 177 Å². The largest absolute Gasteiger partial charge is 1.00 e. The molecule has 6 fully saturated rings. The van der Waals surface area contributed by atoms with E-state index in [9.17, 15) is 76.7 Å². The van der Waals surface area contributed by atoms with Crippen LogP contribution in [0, 0.1) is 56.8 Å². The maximum Gasteiger partial charge on any atom is 1.00 e. The molecule has 6 amide bonds. The van der Waals surface area contributed by atoms with Crippen molar-refractivity contribution < 1.29 is 183 Å². The number of alkyl halides is 2. The average Bonchev–Trinajstić information content (AvgIpc) is 1.65. The molecule has 6 atom stereocenters. The van der Waals surface area contributed by atoms with E-state index >= 15 is 0 Å². The molecule has 0 saturated carbocycles. The van der Waals surface area contributed by atoms with E-state index in [0.29, 0.717) is 149 Å². The van der Waals surface area contributed by atoms with Crippen molar-refractivity contribution in [2.24, 2.45) is 38.9 Å². The molecule has 40 nitrogen and oxygen atoms in total. The van der Waals surface area contributed by atoms with E-state index < -0.39 is 98.6 Å². The summed E-state index contributed by atoms with van der Waals surface area (Å²) in [5.74, 6) is -3.66. The molecule has 6 aliphatic rings. The third-order valence-corrected chi connectivity index (χ3v) is 23.9. The Bertz CT molecular complexity index is 4640. The van der Waals surface area contributed by atoms with Crippen molar-refractivity contribution >= 4 is 127 Å². The predicted octanol–water partition coefficient (Wildman–Crippen LogP) is 9.22. The number of hydrogen-bond acceptors (Lipinski definition) is 33. The Hall–Kier alpha value is -12.5. The van der Waals surface area contributed by atoms with Gasteiger partial charge in [0.25, 0.3) is 0 Å². The summed E-state index contributed by atoms with van der Waals surface area (Å²) in [7, 11) is 8.13. The Balaban J connectivity index is 0.00000165. The van der Waals surface area contributed by atoms with Crippen LogP contribution in [0.3, 0.4) is 0 Å². The van der Waals surface area contributed by atoms with Gasteiger partial charge in [0, 0.05) is 70.8 Å². The molecule has 0 spiro atoms. The van der Waals surface area contributed by atoms with Crippen molar-refractivity contribution in [3.8, 4) is 34.8 Å². The first-order chi connectivity index (χ1) is 69.5. The molecule has 0 aliphatic carbocycles. The molecule has 11 rings (SSSR count). The summed E-state index contributed by atoms with van der Waals surface area (Å²) in [6.07, 6.45) is 2.81. The number of amides is 6. The Labute approximate surface area is 906 Å². The minimum Gasteiger partial charge on any atom is -0.870 e. The second-order valence-electron chi connectivity index (χ2n) is 33.4. The molecule has 0 radical (unpaired) electrons. The van der Waals surface area contributed by atoms with E-state index in [-0.39, 0.29) is 110 Å². The molecule has 812 valence electrons. The van der Waals surface area contributed by atoms with Crippen LogP contribution >= 0.6 is 31.9 Å². The van der Waals surface area contributed by atoms with Crippen LogP contribution in [0.25, 0.3) is 4.85 Å². The molecule has 6 heterocycles. The molecule has 3 unspecified atom stereocenters. The van der Waals surface area contributed by atoms with Crippen LogP contribution in [0.15, 0.2) is 121 Å². The zero-order valence-electron chi connectivity index (χ0n) is 89.0. The van der Waals surface area contributed by atoms with Crippen LogP contribution in [0.2, 0.25) is 0 Å². The van der Waals surface area contributed by atoms with E-state index in [2.05, 4.69) is 66.3 Å². The molecule has 43 heteroatoms.